The summed E-state index contributed by atoms with van der Waals surface area (Å²) in [6, 6.07) is 14.8. The van der Waals surface area contributed by atoms with Crippen molar-refractivity contribution in [2.45, 2.75) is 65.4 Å². The molecule has 0 radical (unpaired) electrons. The van der Waals surface area contributed by atoms with E-state index in [1.165, 1.54) is 0 Å². The van der Waals surface area contributed by atoms with Gasteiger partial charge in [0.2, 0.25) is 5.91 Å². The molecule has 224 valence electrons. The van der Waals surface area contributed by atoms with Gasteiger partial charge in [0.15, 0.2) is 12.6 Å². The average Bonchev–Trinajstić information content (AvgIpc) is 2.92. The fraction of sp³-hybridized carbons (Fsp3) is 0.419. The number of rotatable bonds is 15. The monoisotopic (exact) mass is 570 g/mol. The van der Waals surface area contributed by atoms with Crippen molar-refractivity contribution >= 4 is 35.1 Å². The number of carboxylic acid groups (broad SMARTS) is 1. The molecule has 41 heavy (non-hydrogen) atoms. The Morgan fingerprint density at radius 3 is 2.00 bits per heavy atom. The molecule has 2 aromatic rings. The largest absolute Gasteiger partial charge is 0.465 e. The molecule has 0 spiro atoms. The number of aliphatic hydroxyl groups is 1. The summed E-state index contributed by atoms with van der Waals surface area (Å²) >= 11 is 0. The van der Waals surface area contributed by atoms with Gasteiger partial charge < -0.3 is 25.0 Å². The number of unbranched alkanes of at least 4 members (excludes halogenated alkanes) is 2. The lowest BCUT2D eigenvalue weighted by molar-refractivity contribution is -0.171. The van der Waals surface area contributed by atoms with E-state index in [9.17, 15) is 19.2 Å². The van der Waals surface area contributed by atoms with Crippen LogP contribution in [0, 0.1) is 5.92 Å². The van der Waals surface area contributed by atoms with Crippen molar-refractivity contribution < 1.29 is 38.9 Å². The van der Waals surface area contributed by atoms with E-state index in [0.29, 0.717) is 24.9 Å². The topological polar surface area (TPSA) is 151 Å². The van der Waals surface area contributed by atoms with Gasteiger partial charge in [0.1, 0.15) is 5.60 Å². The zero-order chi connectivity index (χ0) is 30.8. The van der Waals surface area contributed by atoms with Crippen molar-refractivity contribution in [2.75, 3.05) is 24.0 Å². The fourth-order valence-corrected chi connectivity index (χ4v) is 3.44. The van der Waals surface area contributed by atoms with Gasteiger partial charge in [0.05, 0.1) is 0 Å². The summed E-state index contributed by atoms with van der Waals surface area (Å²) in [5.41, 5.74) is 2.10. The number of ketones is 1. The lowest BCUT2D eigenvalue weighted by Gasteiger charge is -2.23. The van der Waals surface area contributed by atoms with E-state index in [2.05, 4.69) is 21.9 Å². The van der Waals surface area contributed by atoms with Crippen LogP contribution in [-0.4, -0.2) is 53.0 Å². The number of aliphatic hydroxyl groups excluding tert-OH is 1. The summed E-state index contributed by atoms with van der Waals surface area (Å²) in [6.45, 7) is 10.1. The molecule has 0 aliphatic heterocycles. The summed E-state index contributed by atoms with van der Waals surface area (Å²) in [6.07, 6.45) is 3.08. The van der Waals surface area contributed by atoms with Gasteiger partial charge >= 0.3 is 12.1 Å². The van der Waals surface area contributed by atoms with Crippen LogP contribution in [0.2, 0.25) is 0 Å². The summed E-state index contributed by atoms with van der Waals surface area (Å²) < 4.78 is 9.89. The number of hydrogen-bond acceptors (Lipinski definition) is 7. The van der Waals surface area contributed by atoms with Crippen LogP contribution in [0.25, 0.3) is 0 Å². The Morgan fingerprint density at radius 2 is 1.49 bits per heavy atom. The lowest BCUT2D eigenvalue weighted by Crippen LogP contribution is -2.36. The molecule has 0 saturated carbocycles. The van der Waals surface area contributed by atoms with Crippen LogP contribution in [0.1, 0.15) is 64.5 Å². The molecule has 2 amide bonds. The number of hydrogen-bond donors (Lipinski definition) is 4. The lowest BCUT2D eigenvalue weighted by atomic mass is 9.98. The fourth-order valence-electron chi connectivity index (χ4n) is 3.44. The highest BCUT2D eigenvalue weighted by atomic mass is 16.7. The van der Waals surface area contributed by atoms with Crippen LogP contribution >= 0.6 is 0 Å². The second-order valence-electron chi connectivity index (χ2n) is 9.96. The first-order valence-electron chi connectivity index (χ1n) is 13.4. The third kappa shape index (κ3) is 13.7. The molecule has 0 fully saturated rings. The first kappa shape index (κ1) is 35.0. The molecule has 2 aromatic carbocycles. The van der Waals surface area contributed by atoms with Crippen LogP contribution in [0.4, 0.5) is 16.2 Å². The molecule has 10 heteroatoms. The van der Waals surface area contributed by atoms with Gasteiger partial charge in [-0.15, -0.1) is 0 Å². The summed E-state index contributed by atoms with van der Waals surface area (Å²) in [7, 11) is 0. The Labute approximate surface area is 241 Å². The van der Waals surface area contributed by atoms with Crippen molar-refractivity contribution in [3.8, 4) is 0 Å². The van der Waals surface area contributed by atoms with Crippen LogP contribution in [-0.2, 0) is 30.3 Å². The maximum atomic E-state index is 11.9. The van der Waals surface area contributed by atoms with Gasteiger partial charge in [-0.05, 0) is 49.9 Å². The first-order valence-corrected chi connectivity index (χ1v) is 13.4. The second kappa shape index (κ2) is 18.4. The third-order valence-electron chi connectivity index (χ3n) is 5.96. The predicted octanol–water partition coefficient (Wildman–Crippen LogP) is 5.55. The number of Topliss-reactive ketones (excluding diaryl/α,β-unsaturated/α-hetero) is 1. The van der Waals surface area contributed by atoms with E-state index >= 15 is 0 Å². The Hall–Kier alpha value is -4.02. The normalized spacial score (nSPS) is 10.7. The summed E-state index contributed by atoms with van der Waals surface area (Å²) in [5, 5.41) is 22.9. The quantitative estimate of drug-likeness (QED) is 0.0941. The molecular weight excluding hydrogens is 528 g/mol. The maximum absolute atomic E-state index is 11.9. The zero-order valence-electron chi connectivity index (χ0n) is 24.3. The Kier molecular flexibility index (Phi) is 15.7. The third-order valence-corrected chi connectivity index (χ3v) is 5.96. The number of para-hydroxylation sites is 2. The van der Waals surface area contributed by atoms with Gasteiger partial charge in [-0.1, -0.05) is 63.2 Å². The molecule has 4 N–H and O–H groups in total. The van der Waals surface area contributed by atoms with Gasteiger partial charge in [-0.2, -0.15) is 0 Å². The number of amides is 2. The highest BCUT2D eigenvalue weighted by molar-refractivity contribution is 5.93. The maximum Gasteiger partial charge on any atom is 0.409 e. The van der Waals surface area contributed by atoms with Crippen LogP contribution < -0.4 is 10.6 Å². The molecule has 0 aromatic heterocycles. The van der Waals surface area contributed by atoms with Crippen LogP contribution in [0.15, 0.2) is 61.2 Å². The van der Waals surface area contributed by atoms with E-state index in [0.717, 1.165) is 35.7 Å². The standard InChI is InChI=1S/C18H20N2O3.C13H22O5/c1-12(2)17(21)19-15-9-5-3-7-13(15)11-14-8-4-6-10-16(14)20-18(22)23;1-4-12(16)17-10-18-13(2,3)11(15)8-6-5-7-9-14/h3-10,12,20H,11H2,1-2H3,(H,19,21)(H,22,23);4,14H,1,5-10H2,2-3H3. The molecule has 0 heterocycles. The first-order chi connectivity index (χ1) is 19.4. The smallest absolute Gasteiger partial charge is 0.409 e. The van der Waals surface area contributed by atoms with Crippen molar-refractivity contribution in [3.05, 3.63) is 72.3 Å². The minimum absolute atomic E-state index is 0.0462. The predicted molar refractivity (Wildman–Crippen MR) is 158 cm³/mol. The van der Waals surface area contributed by atoms with E-state index in [1.807, 2.05) is 50.2 Å². The Bertz CT molecular complexity index is 1160. The number of anilines is 2. The zero-order valence-corrected chi connectivity index (χ0v) is 24.3. The van der Waals surface area contributed by atoms with E-state index < -0.39 is 17.7 Å². The highest BCUT2D eigenvalue weighted by Gasteiger charge is 2.28. The van der Waals surface area contributed by atoms with E-state index in [-0.39, 0.29) is 31.0 Å². The number of esters is 1. The molecule has 0 aliphatic rings. The van der Waals surface area contributed by atoms with Crippen molar-refractivity contribution in [1.29, 1.82) is 0 Å². The van der Waals surface area contributed by atoms with Gasteiger partial charge in [-0.25, -0.2) is 9.59 Å². The molecule has 0 saturated heterocycles. The summed E-state index contributed by atoms with van der Waals surface area (Å²) in [5.74, 6) is -0.783. The molecule has 10 nitrogen and oxygen atoms in total. The number of benzene rings is 2. The molecule has 0 unspecified atom stereocenters. The average molecular weight is 571 g/mol. The Morgan fingerprint density at radius 1 is 0.927 bits per heavy atom. The minimum Gasteiger partial charge on any atom is -0.465 e. The number of nitrogens with one attached hydrogen (secondary N) is 2. The van der Waals surface area contributed by atoms with Crippen molar-refractivity contribution in [1.82, 2.24) is 0 Å². The SMILES string of the molecule is C=CC(=O)OCOC(C)(C)C(=O)CCCCCO.CC(C)C(=O)Nc1ccccc1Cc1ccccc1NC(=O)O. The van der Waals surface area contributed by atoms with Crippen molar-refractivity contribution in [2.24, 2.45) is 5.92 Å². The second-order valence-corrected chi connectivity index (χ2v) is 9.96. The minimum atomic E-state index is -1.10. The summed E-state index contributed by atoms with van der Waals surface area (Å²) in [4.78, 5) is 45.4. The molecule has 0 aliphatic carbocycles. The number of carbonyl (C=O) groups is 4. The van der Waals surface area contributed by atoms with E-state index in [4.69, 9.17) is 14.9 Å². The van der Waals surface area contributed by atoms with Crippen LogP contribution in [0.5, 0.6) is 0 Å². The molecule has 0 bridgehead atoms. The molecular formula is C31H42N2O8. The molecule has 0 atom stereocenters. The van der Waals surface area contributed by atoms with Gasteiger partial charge in [0, 0.05) is 42.8 Å². The highest BCUT2D eigenvalue weighted by Crippen LogP contribution is 2.24. The van der Waals surface area contributed by atoms with Gasteiger partial charge in [0.25, 0.3) is 0 Å². The van der Waals surface area contributed by atoms with Crippen molar-refractivity contribution in [3.63, 3.8) is 0 Å². The number of carbonyl (C=O) groups excluding carboxylic acids is 3. The van der Waals surface area contributed by atoms with Gasteiger partial charge in [-0.3, -0.25) is 14.9 Å². The number of ether oxygens (including phenoxy) is 2. The van der Waals surface area contributed by atoms with E-state index in [1.54, 1.807) is 26.0 Å². The molecule has 2 rings (SSSR count). The van der Waals surface area contributed by atoms with Crippen LogP contribution in [0.3, 0.4) is 0 Å². The Balaban J connectivity index is 0.000000425.